The first-order valence-corrected chi connectivity index (χ1v) is 10.3. The molecule has 2 aromatic carbocycles. The van der Waals surface area contributed by atoms with Crippen molar-refractivity contribution in [2.24, 2.45) is 0 Å². The number of hydrogen-bond donors (Lipinski definition) is 0. The van der Waals surface area contributed by atoms with E-state index in [-0.39, 0.29) is 17.2 Å². The predicted octanol–water partition coefficient (Wildman–Crippen LogP) is 3.99. The Bertz CT molecular complexity index is 808. The molecule has 0 aromatic heterocycles. The van der Waals surface area contributed by atoms with E-state index >= 15 is 0 Å². The van der Waals surface area contributed by atoms with Crippen LogP contribution in [0, 0.1) is 0 Å². The molecule has 2 aromatic rings. The topological polar surface area (TPSA) is 46.6 Å². The van der Waals surface area contributed by atoms with Crippen molar-refractivity contribution >= 4 is 35.2 Å². The van der Waals surface area contributed by atoms with Crippen LogP contribution in [0.1, 0.15) is 30.6 Å². The number of nitrogens with zero attached hydrogens (tertiary/aromatic N) is 1. The van der Waals surface area contributed by atoms with E-state index in [4.69, 9.17) is 16.3 Å². The SMILES string of the molecule is CC1(CCl)S[C@@H]2CC(=O)N2C1C(=O)OC(c1ccccc1)c1ccccc1. The number of alkyl halides is 1. The van der Waals surface area contributed by atoms with Gasteiger partial charge in [-0.15, -0.1) is 23.4 Å². The summed E-state index contributed by atoms with van der Waals surface area (Å²) in [5.41, 5.74) is 1.78. The lowest BCUT2D eigenvalue weighted by Gasteiger charge is -2.38. The third kappa shape index (κ3) is 3.23. The smallest absolute Gasteiger partial charge is 0.331 e. The van der Waals surface area contributed by atoms with Gasteiger partial charge >= 0.3 is 5.97 Å². The summed E-state index contributed by atoms with van der Waals surface area (Å²) >= 11 is 7.79. The summed E-state index contributed by atoms with van der Waals surface area (Å²) in [5.74, 6) is -0.142. The molecule has 2 aliphatic heterocycles. The number of hydrogen-bond acceptors (Lipinski definition) is 4. The molecule has 4 rings (SSSR count). The van der Waals surface area contributed by atoms with Crippen molar-refractivity contribution in [3.05, 3.63) is 71.8 Å². The Morgan fingerprint density at radius 1 is 1.19 bits per heavy atom. The molecule has 1 amide bonds. The van der Waals surface area contributed by atoms with Gasteiger partial charge < -0.3 is 9.64 Å². The minimum absolute atomic E-state index is 0.0146. The maximum atomic E-state index is 13.2. The highest BCUT2D eigenvalue weighted by atomic mass is 35.5. The fraction of sp³-hybridized carbons (Fsp3) is 0.333. The van der Waals surface area contributed by atoms with Crippen LogP contribution < -0.4 is 0 Å². The Labute approximate surface area is 167 Å². The number of benzene rings is 2. The van der Waals surface area contributed by atoms with Crippen LogP contribution in [0.4, 0.5) is 0 Å². The molecule has 2 aliphatic rings. The normalized spacial score (nSPS) is 26.6. The summed E-state index contributed by atoms with van der Waals surface area (Å²) in [6.45, 7) is 1.93. The highest BCUT2D eigenvalue weighted by Crippen LogP contribution is 2.52. The molecule has 3 atom stereocenters. The van der Waals surface area contributed by atoms with Crippen LogP contribution in [0.2, 0.25) is 0 Å². The summed E-state index contributed by atoms with van der Waals surface area (Å²) in [6, 6.07) is 18.6. The van der Waals surface area contributed by atoms with Crippen LogP contribution in [0.3, 0.4) is 0 Å². The molecule has 2 heterocycles. The number of carbonyl (C=O) groups is 2. The molecule has 0 saturated carbocycles. The molecule has 4 nitrogen and oxygen atoms in total. The Hall–Kier alpha value is -1.98. The summed E-state index contributed by atoms with van der Waals surface area (Å²) in [4.78, 5) is 27.0. The number of halogens is 1. The van der Waals surface area contributed by atoms with Crippen LogP contribution in [-0.2, 0) is 14.3 Å². The standard InChI is InChI=1S/C21H20ClNO3S/c1-21(13-22)19(23-16(24)12-17(23)27-21)20(25)26-18(14-8-4-2-5-9-14)15-10-6-3-7-11-15/h2-11,17-19H,12-13H2,1H3/t17-,19?,21?/m1/s1. The van der Waals surface area contributed by atoms with Crippen molar-refractivity contribution in [1.29, 1.82) is 0 Å². The van der Waals surface area contributed by atoms with E-state index in [1.54, 1.807) is 16.7 Å². The number of rotatable bonds is 5. The van der Waals surface area contributed by atoms with Gasteiger partial charge in [0.25, 0.3) is 0 Å². The van der Waals surface area contributed by atoms with Crippen LogP contribution in [0.15, 0.2) is 60.7 Å². The monoisotopic (exact) mass is 401 g/mol. The predicted molar refractivity (Wildman–Crippen MR) is 107 cm³/mol. The average Bonchev–Trinajstić information content (AvgIpc) is 2.95. The quantitative estimate of drug-likeness (QED) is 0.431. The lowest BCUT2D eigenvalue weighted by molar-refractivity contribution is -0.164. The second-order valence-corrected chi connectivity index (χ2v) is 9.04. The Kier molecular flexibility index (Phi) is 4.91. The fourth-order valence-electron chi connectivity index (χ4n) is 3.71. The average molecular weight is 402 g/mol. The van der Waals surface area contributed by atoms with E-state index in [2.05, 4.69) is 0 Å². The zero-order valence-electron chi connectivity index (χ0n) is 14.9. The second kappa shape index (κ2) is 7.21. The van der Waals surface area contributed by atoms with Gasteiger partial charge in [-0.05, 0) is 18.1 Å². The number of ether oxygens (including phenoxy) is 1. The summed E-state index contributed by atoms with van der Waals surface area (Å²) in [6.07, 6.45) is -0.0678. The molecule has 0 N–H and O–H groups in total. The molecule has 0 radical (unpaired) electrons. The lowest BCUT2D eigenvalue weighted by atomic mass is 9.97. The van der Waals surface area contributed by atoms with Crippen molar-refractivity contribution in [3.8, 4) is 0 Å². The molecule has 6 heteroatoms. The molecule has 27 heavy (non-hydrogen) atoms. The number of β-lactam (4-membered cyclic amide) rings is 1. The van der Waals surface area contributed by atoms with Gasteiger partial charge in [0, 0.05) is 5.88 Å². The van der Waals surface area contributed by atoms with Gasteiger partial charge in [0.05, 0.1) is 16.5 Å². The summed E-state index contributed by atoms with van der Waals surface area (Å²) in [7, 11) is 0. The summed E-state index contributed by atoms with van der Waals surface area (Å²) in [5, 5.41) is 0.0192. The van der Waals surface area contributed by atoms with Crippen LogP contribution >= 0.6 is 23.4 Å². The fourth-order valence-corrected chi connectivity index (χ4v) is 5.65. The van der Waals surface area contributed by atoms with E-state index in [9.17, 15) is 9.59 Å². The van der Waals surface area contributed by atoms with E-state index in [1.165, 1.54) is 0 Å². The third-order valence-electron chi connectivity index (χ3n) is 5.14. The van der Waals surface area contributed by atoms with Crippen molar-refractivity contribution in [2.45, 2.75) is 35.6 Å². The van der Waals surface area contributed by atoms with E-state index in [1.807, 2.05) is 67.6 Å². The van der Waals surface area contributed by atoms with Crippen molar-refractivity contribution in [3.63, 3.8) is 0 Å². The van der Waals surface area contributed by atoms with Crippen LogP contribution in [-0.4, -0.2) is 38.8 Å². The van der Waals surface area contributed by atoms with Crippen LogP contribution in [0.25, 0.3) is 0 Å². The Balaban J connectivity index is 1.65. The van der Waals surface area contributed by atoms with Gasteiger partial charge in [-0.3, -0.25) is 4.79 Å². The molecule has 2 fully saturated rings. The van der Waals surface area contributed by atoms with Gasteiger partial charge in [-0.25, -0.2) is 4.79 Å². The van der Waals surface area contributed by atoms with E-state index in [0.29, 0.717) is 6.42 Å². The van der Waals surface area contributed by atoms with Crippen LogP contribution in [0.5, 0.6) is 0 Å². The van der Waals surface area contributed by atoms with Crippen molar-refractivity contribution in [2.75, 3.05) is 5.88 Å². The summed E-state index contributed by atoms with van der Waals surface area (Å²) < 4.78 is 5.45. The minimum Gasteiger partial charge on any atom is -0.451 e. The van der Waals surface area contributed by atoms with E-state index in [0.717, 1.165) is 11.1 Å². The number of amides is 1. The Morgan fingerprint density at radius 3 is 2.22 bits per heavy atom. The first kappa shape index (κ1) is 18.4. The first-order valence-electron chi connectivity index (χ1n) is 8.89. The van der Waals surface area contributed by atoms with Gasteiger partial charge in [0.15, 0.2) is 6.10 Å². The molecule has 0 spiro atoms. The highest BCUT2D eigenvalue weighted by molar-refractivity contribution is 8.01. The van der Waals surface area contributed by atoms with Gasteiger partial charge in [-0.2, -0.15) is 0 Å². The number of esters is 1. The zero-order chi connectivity index (χ0) is 19.0. The number of carbonyl (C=O) groups excluding carboxylic acids is 2. The number of thioether (sulfide) groups is 1. The lowest BCUT2D eigenvalue weighted by Crippen LogP contribution is -2.58. The maximum Gasteiger partial charge on any atom is 0.331 e. The molecular weight excluding hydrogens is 382 g/mol. The second-order valence-electron chi connectivity index (χ2n) is 7.06. The Morgan fingerprint density at radius 2 is 1.74 bits per heavy atom. The van der Waals surface area contributed by atoms with Crippen molar-refractivity contribution < 1.29 is 14.3 Å². The largest absolute Gasteiger partial charge is 0.451 e. The molecular formula is C21H20ClNO3S. The first-order chi connectivity index (χ1) is 13.0. The van der Waals surface area contributed by atoms with Gasteiger partial charge in [-0.1, -0.05) is 60.7 Å². The molecule has 2 unspecified atom stereocenters. The van der Waals surface area contributed by atoms with Gasteiger partial charge in [0.1, 0.15) is 6.04 Å². The molecule has 140 valence electrons. The van der Waals surface area contributed by atoms with E-state index < -0.39 is 22.9 Å². The molecule has 0 aliphatic carbocycles. The maximum absolute atomic E-state index is 13.2. The third-order valence-corrected chi connectivity index (χ3v) is 7.42. The van der Waals surface area contributed by atoms with Crippen molar-refractivity contribution in [1.82, 2.24) is 4.90 Å². The molecule has 0 bridgehead atoms. The molecule has 2 saturated heterocycles. The minimum atomic E-state index is -0.666. The zero-order valence-corrected chi connectivity index (χ0v) is 16.5. The highest BCUT2D eigenvalue weighted by Gasteiger charge is 2.61. The number of fused-ring (bicyclic) bond motifs is 1. The van der Waals surface area contributed by atoms with Gasteiger partial charge in [0.2, 0.25) is 5.91 Å².